The second-order valence-corrected chi connectivity index (χ2v) is 5.39. The van der Waals surface area contributed by atoms with E-state index in [0.29, 0.717) is 5.92 Å². The molecule has 5 nitrogen and oxygen atoms in total. The van der Waals surface area contributed by atoms with E-state index in [1.54, 1.807) is 18.6 Å². The SMILES string of the molecule is [2H]C([2H])([2H])n1ncc([C@H]2C[C@@H]2C2C=CC=CN2c2ccncc2)n1. The summed E-state index contributed by atoms with van der Waals surface area (Å²) in [5, 5.41) is 8.05. The van der Waals surface area contributed by atoms with Gasteiger partial charge >= 0.3 is 0 Å². The van der Waals surface area contributed by atoms with E-state index in [1.165, 1.54) is 0 Å². The maximum atomic E-state index is 7.37. The van der Waals surface area contributed by atoms with Crippen LogP contribution in [0.25, 0.3) is 0 Å². The molecule has 0 N–H and O–H groups in total. The molecule has 21 heavy (non-hydrogen) atoms. The van der Waals surface area contributed by atoms with Crippen LogP contribution in [0.3, 0.4) is 0 Å². The molecule has 2 aromatic rings. The Morgan fingerprint density at radius 3 is 3.00 bits per heavy atom. The summed E-state index contributed by atoms with van der Waals surface area (Å²) in [6.45, 7) is -2.32. The van der Waals surface area contributed by atoms with Crippen molar-refractivity contribution >= 4 is 5.69 Å². The molecule has 3 atom stereocenters. The van der Waals surface area contributed by atoms with Gasteiger partial charge in [0.2, 0.25) is 0 Å². The lowest BCUT2D eigenvalue weighted by Gasteiger charge is -2.30. The van der Waals surface area contributed by atoms with Gasteiger partial charge in [-0.25, -0.2) is 0 Å². The summed E-state index contributed by atoms with van der Waals surface area (Å²) in [5.74, 6) is 0.632. The lowest BCUT2D eigenvalue weighted by atomic mass is 10.0. The molecule has 4 rings (SSSR count). The first-order valence-corrected chi connectivity index (χ1v) is 7.00. The molecule has 1 saturated carbocycles. The smallest absolute Gasteiger partial charge is 0.0861 e. The fourth-order valence-corrected chi connectivity index (χ4v) is 3.01. The van der Waals surface area contributed by atoms with Gasteiger partial charge in [0.1, 0.15) is 0 Å². The maximum Gasteiger partial charge on any atom is 0.0861 e. The number of allylic oxidation sites excluding steroid dienone is 2. The van der Waals surface area contributed by atoms with Crippen molar-refractivity contribution in [3.8, 4) is 0 Å². The monoisotopic (exact) mass is 282 g/mol. The molecule has 0 bridgehead atoms. The Hall–Kier alpha value is -2.43. The van der Waals surface area contributed by atoms with Crippen LogP contribution in [0.1, 0.15) is 22.1 Å². The highest BCUT2D eigenvalue weighted by Gasteiger charge is 2.46. The normalized spacial score (nSPS) is 29.8. The van der Waals surface area contributed by atoms with Crippen LogP contribution >= 0.6 is 0 Å². The Morgan fingerprint density at radius 1 is 1.29 bits per heavy atom. The predicted octanol–water partition coefficient (Wildman–Crippen LogP) is 2.27. The summed E-state index contributed by atoms with van der Waals surface area (Å²) in [6, 6.07) is 4.19. The van der Waals surface area contributed by atoms with E-state index in [-0.39, 0.29) is 12.0 Å². The zero-order valence-electron chi connectivity index (χ0n) is 14.4. The van der Waals surface area contributed by atoms with Gasteiger partial charge in [0, 0.05) is 41.3 Å². The van der Waals surface area contributed by atoms with Crippen molar-refractivity contribution in [2.75, 3.05) is 4.90 Å². The van der Waals surface area contributed by atoms with Crippen LogP contribution in [0.5, 0.6) is 0 Å². The van der Waals surface area contributed by atoms with Crippen LogP contribution in [-0.2, 0) is 6.98 Å². The third-order valence-electron chi connectivity index (χ3n) is 4.12. The standard InChI is InChI=1S/C16H17N5/c1-20-18-11-15(19-20)13-10-14(13)16-4-2-3-9-21(16)12-5-7-17-8-6-12/h2-9,11,13-14,16H,10H2,1H3/t13-,14-,16?/m0/s1/i1D3. The molecule has 0 saturated heterocycles. The molecule has 0 radical (unpaired) electrons. The van der Waals surface area contributed by atoms with Gasteiger partial charge in [0.25, 0.3) is 0 Å². The molecular weight excluding hydrogens is 262 g/mol. The molecule has 0 amide bonds. The minimum absolute atomic E-state index is 0.223. The van der Waals surface area contributed by atoms with Gasteiger partial charge in [0.05, 0.1) is 17.9 Å². The quantitative estimate of drug-likeness (QED) is 0.866. The minimum atomic E-state index is -2.32. The fourth-order valence-electron chi connectivity index (χ4n) is 3.01. The Morgan fingerprint density at radius 2 is 2.19 bits per heavy atom. The third-order valence-corrected chi connectivity index (χ3v) is 4.12. The largest absolute Gasteiger partial charge is 0.341 e. The van der Waals surface area contributed by atoms with E-state index >= 15 is 0 Å². The predicted molar refractivity (Wildman–Crippen MR) is 80.6 cm³/mol. The van der Waals surface area contributed by atoms with Gasteiger partial charge in [0.15, 0.2) is 0 Å². The van der Waals surface area contributed by atoms with Gasteiger partial charge in [-0.15, -0.1) is 0 Å². The number of hydrogen-bond donors (Lipinski definition) is 0. The average molecular weight is 282 g/mol. The molecule has 106 valence electrons. The summed E-state index contributed by atoms with van der Waals surface area (Å²) >= 11 is 0. The number of rotatable bonds is 3. The van der Waals surface area contributed by atoms with E-state index in [0.717, 1.165) is 22.6 Å². The van der Waals surface area contributed by atoms with Gasteiger partial charge < -0.3 is 4.90 Å². The number of pyridine rings is 1. The highest BCUT2D eigenvalue weighted by Crippen LogP contribution is 2.51. The molecule has 0 spiro atoms. The van der Waals surface area contributed by atoms with Crippen LogP contribution < -0.4 is 4.90 Å². The Kier molecular flexibility index (Phi) is 2.19. The van der Waals surface area contributed by atoms with E-state index in [9.17, 15) is 0 Å². The lowest BCUT2D eigenvalue weighted by molar-refractivity contribution is 0.627. The number of aryl methyl sites for hydroxylation is 1. The van der Waals surface area contributed by atoms with Crippen molar-refractivity contribution in [1.29, 1.82) is 0 Å². The first-order chi connectivity index (χ1) is 11.5. The summed E-state index contributed by atoms with van der Waals surface area (Å²) in [6.07, 6.45) is 14.4. The Labute approximate surface area is 127 Å². The molecule has 1 fully saturated rings. The number of nitrogens with zero attached hydrogens (tertiary/aromatic N) is 5. The first kappa shape index (κ1) is 9.50. The average Bonchev–Trinajstić information content (AvgIpc) is 3.21. The second kappa shape index (κ2) is 4.84. The van der Waals surface area contributed by atoms with Crippen molar-refractivity contribution in [1.82, 2.24) is 20.0 Å². The number of anilines is 1. The van der Waals surface area contributed by atoms with Crippen LogP contribution in [0.15, 0.2) is 55.2 Å². The zero-order valence-corrected chi connectivity index (χ0v) is 11.4. The van der Waals surface area contributed by atoms with Crippen molar-refractivity contribution < 1.29 is 4.11 Å². The lowest BCUT2D eigenvalue weighted by Crippen LogP contribution is -2.32. The van der Waals surface area contributed by atoms with Gasteiger partial charge in [-0.1, -0.05) is 12.2 Å². The third kappa shape index (κ3) is 2.24. The molecule has 3 heterocycles. The van der Waals surface area contributed by atoms with Crippen LogP contribution in [0, 0.1) is 5.92 Å². The molecule has 2 aromatic heterocycles. The molecule has 2 aliphatic rings. The molecule has 1 unspecified atom stereocenters. The Bertz CT molecular complexity index is 781. The van der Waals surface area contributed by atoms with Crippen LogP contribution in [0.2, 0.25) is 0 Å². The summed E-state index contributed by atoms with van der Waals surface area (Å²) in [7, 11) is 0. The molecule has 1 aliphatic carbocycles. The minimum Gasteiger partial charge on any atom is -0.341 e. The molecule has 0 aromatic carbocycles. The van der Waals surface area contributed by atoms with Crippen molar-refractivity contribution in [2.45, 2.75) is 18.4 Å². The number of aromatic nitrogens is 4. The summed E-state index contributed by atoms with van der Waals surface area (Å²) < 4.78 is 22.1. The Balaban J connectivity index is 1.53. The van der Waals surface area contributed by atoms with Crippen molar-refractivity contribution in [3.63, 3.8) is 0 Å². The van der Waals surface area contributed by atoms with Crippen LogP contribution in [-0.4, -0.2) is 26.0 Å². The first-order valence-electron chi connectivity index (χ1n) is 8.50. The van der Waals surface area contributed by atoms with E-state index in [1.807, 2.05) is 18.2 Å². The maximum absolute atomic E-state index is 7.37. The van der Waals surface area contributed by atoms with E-state index in [2.05, 4.69) is 38.4 Å². The summed E-state index contributed by atoms with van der Waals surface area (Å²) in [4.78, 5) is 7.12. The molecular formula is C16H17N5. The van der Waals surface area contributed by atoms with Crippen molar-refractivity contribution in [2.24, 2.45) is 12.9 Å². The molecule has 1 aliphatic heterocycles. The van der Waals surface area contributed by atoms with E-state index < -0.39 is 6.98 Å². The highest BCUT2D eigenvalue weighted by molar-refractivity contribution is 5.53. The van der Waals surface area contributed by atoms with Crippen molar-refractivity contribution in [3.05, 3.63) is 60.8 Å². The van der Waals surface area contributed by atoms with Crippen LogP contribution in [0.4, 0.5) is 5.69 Å². The van der Waals surface area contributed by atoms with Gasteiger partial charge in [-0.2, -0.15) is 15.0 Å². The topological polar surface area (TPSA) is 46.8 Å². The zero-order chi connectivity index (χ0) is 16.7. The highest BCUT2D eigenvalue weighted by atomic mass is 15.4. The van der Waals surface area contributed by atoms with Gasteiger partial charge in [-0.05, 0) is 30.5 Å². The fraction of sp³-hybridized carbons (Fsp3) is 0.312. The second-order valence-electron chi connectivity index (χ2n) is 5.39. The van der Waals surface area contributed by atoms with E-state index in [4.69, 9.17) is 4.11 Å². The molecule has 5 heteroatoms. The van der Waals surface area contributed by atoms with Gasteiger partial charge in [-0.3, -0.25) is 4.98 Å². The summed E-state index contributed by atoms with van der Waals surface area (Å²) in [5.41, 5.74) is 1.85. The number of hydrogen-bond acceptors (Lipinski definition) is 4.